The van der Waals surface area contributed by atoms with Crippen molar-refractivity contribution in [3.63, 3.8) is 0 Å². The number of hydrogen-bond donors (Lipinski definition) is 2. The zero-order valence-electron chi connectivity index (χ0n) is 8.07. The lowest BCUT2D eigenvalue weighted by Crippen LogP contribution is -2.31. The van der Waals surface area contributed by atoms with E-state index in [0.717, 1.165) is 13.0 Å². The maximum absolute atomic E-state index is 5.59. The lowest BCUT2D eigenvalue weighted by atomic mass is 10.3. The molecule has 1 aromatic rings. The van der Waals surface area contributed by atoms with Crippen LogP contribution in [-0.4, -0.2) is 19.0 Å². The molecule has 0 spiro atoms. The lowest BCUT2D eigenvalue weighted by molar-refractivity contribution is 0.940. The largest absolute Gasteiger partial charge is 0.370 e. The number of nitrogens with one attached hydrogen (secondary N) is 1. The number of guanidine groups is 1. The Morgan fingerprint density at radius 3 is 3.21 bits per heavy atom. The van der Waals surface area contributed by atoms with E-state index in [4.69, 9.17) is 5.73 Å². The average molecular weight is 209 g/mol. The monoisotopic (exact) mass is 209 g/mol. The summed E-state index contributed by atoms with van der Waals surface area (Å²) in [5.41, 5.74) is 5.59. The molecule has 4 heteroatoms. The Labute approximate surface area is 88.4 Å². The van der Waals surface area contributed by atoms with Crippen LogP contribution in [0.1, 0.15) is 4.88 Å². The van der Waals surface area contributed by atoms with Crippen LogP contribution < -0.4 is 11.1 Å². The molecule has 0 aliphatic heterocycles. The Balaban J connectivity index is 2.22. The smallest absolute Gasteiger partial charge is 0.188 e. The third-order valence-corrected chi connectivity index (χ3v) is 2.58. The second-order valence-corrected chi connectivity index (χ2v) is 3.80. The molecule has 0 saturated carbocycles. The van der Waals surface area contributed by atoms with E-state index in [2.05, 4.69) is 28.3 Å². The topological polar surface area (TPSA) is 50.4 Å². The van der Waals surface area contributed by atoms with Gasteiger partial charge in [-0.2, -0.15) is 0 Å². The predicted octanol–water partition coefficient (Wildman–Crippen LogP) is 1.38. The summed E-state index contributed by atoms with van der Waals surface area (Å²) in [6.45, 7) is 4.98. The maximum Gasteiger partial charge on any atom is 0.188 e. The van der Waals surface area contributed by atoms with Crippen molar-refractivity contribution in [3.8, 4) is 0 Å². The van der Waals surface area contributed by atoms with Gasteiger partial charge in [-0.3, -0.25) is 4.99 Å². The van der Waals surface area contributed by atoms with Crippen molar-refractivity contribution in [2.45, 2.75) is 6.42 Å². The van der Waals surface area contributed by atoms with Gasteiger partial charge >= 0.3 is 0 Å². The zero-order chi connectivity index (χ0) is 10.2. The molecule has 0 fully saturated rings. The highest BCUT2D eigenvalue weighted by molar-refractivity contribution is 7.09. The second kappa shape index (κ2) is 6.21. The fraction of sp³-hybridized carbons (Fsp3) is 0.300. The van der Waals surface area contributed by atoms with Gasteiger partial charge < -0.3 is 11.1 Å². The average Bonchev–Trinajstić information content (AvgIpc) is 2.67. The highest BCUT2D eigenvalue weighted by Crippen LogP contribution is 2.08. The predicted molar refractivity (Wildman–Crippen MR) is 62.7 cm³/mol. The minimum absolute atomic E-state index is 0.487. The molecule has 1 aromatic heterocycles. The van der Waals surface area contributed by atoms with Crippen molar-refractivity contribution in [1.29, 1.82) is 0 Å². The van der Waals surface area contributed by atoms with Crippen molar-refractivity contribution in [2.75, 3.05) is 13.1 Å². The van der Waals surface area contributed by atoms with Crippen molar-refractivity contribution in [2.24, 2.45) is 10.7 Å². The van der Waals surface area contributed by atoms with Gasteiger partial charge in [0.2, 0.25) is 0 Å². The molecule has 0 atom stereocenters. The molecule has 0 aromatic carbocycles. The first-order valence-electron chi connectivity index (χ1n) is 4.50. The van der Waals surface area contributed by atoms with Crippen LogP contribution >= 0.6 is 11.3 Å². The van der Waals surface area contributed by atoms with Crippen LogP contribution in [0.15, 0.2) is 35.2 Å². The molecule has 0 saturated heterocycles. The van der Waals surface area contributed by atoms with Crippen molar-refractivity contribution < 1.29 is 0 Å². The maximum atomic E-state index is 5.59. The summed E-state index contributed by atoms with van der Waals surface area (Å²) in [5, 5.41) is 4.99. The molecular formula is C10H15N3S. The third kappa shape index (κ3) is 4.09. The van der Waals surface area contributed by atoms with Gasteiger partial charge in [0.15, 0.2) is 5.96 Å². The van der Waals surface area contributed by atoms with Crippen LogP contribution in [0.2, 0.25) is 0 Å². The molecule has 3 N–H and O–H groups in total. The molecule has 0 unspecified atom stereocenters. The number of nitrogens with two attached hydrogens (primary N) is 1. The first-order chi connectivity index (χ1) is 6.83. The molecule has 0 amide bonds. The van der Waals surface area contributed by atoms with Gasteiger partial charge in [0.1, 0.15) is 0 Å². The zero-order valence-corrected chi connectivity index (χ0v) is 8.89. The first kappa shape index (κ1) is 10.8. The van der Waals surface area contributed by atoms with E-state index >= 15 is 0 Å². The Morgan fingerprint density at radius 2 is 2.57 bits per heavy atom. The number of nitrogens with zero attached hydrogens (tertiary/aromatic N) is 1. The van der Waals surface area contributed by atoms with E-state index in [1.807, 2.05) is 6.07 Å². The van der Waals surface area contributed by atoms with E-state index in [0.29, 0.717) is 12.5 Å². The van der Waals surface area contributed by atoms with Gasteiger partial charge in [0.05, 0.1) is 0 Å². The molecule has 76 valence electrons. The molecule has 0 radical (unpaired) electrons. The van der Waals surface area contributed by atoms with Crippen molar-refractivity contribution in [3.05, 3.63) is 35.0 Å². The summed E-state index contributed by atoms with van der Waals surface area (Å²) in [4.78, 5) is 5.52. The molecule has 1 rings (SSSR count). The van der Waals surface area contributed by atoms with Gasteiger partial charge in [-0.25, -0.2) is 0 Å². The van der Waals surface area contributed by atoms with Crippen LogP contribution in [-0.2, 0) is 6.42 Å². The van der Waals surface area contributed by atoms with Crippen LogP contribution in [0, 0.1) is 0 Å². The number of thiophene rings is 1. The highest BCUT2D eigenvalue weighted by atomic mass is 32.1. The van der Waals surface area contributed by atoms with Gasteiger partial charge in [-0.05, 0) is 11.4 Å². The summed E-state index contributed by atoms with van der Waals surface area (Å²) in [6, 6.07) is 4.15. The van der Waals surface area contributed by atoms with E-state index in [-0.39, 0.29) is 0 Å². The number of rotatable bonds is 5. The normalized spacial score (nSPS) is 11.3. The van der Waals surface area contributed by atoms with Crippen LogP contribution in [0.5, 0.6) is 0 Å². The fourth-order valence-electron chi connectivity index (χ4n) is 0.974. The Bertz CT molecular complexity index is 290. The number of aliphatic imine (C=N–C) groups is 1. The number of hydrogen-bond acceptors (Lipinski definition) is 2. The molecule has 0 aliphatic carbocycles. The van der Waals surface area contributed by atoms with Gasteiger partial charge in [-0.1, -0.05) is 12.1 Å². The Kier molecular flexibility index (Phi) is 4.78. The van der Waals surface area contributed by atoms with Gasteiger partial charge in [0, 0.05) is 24.4 Å². The summed E-state index contributed by atoms with van der Waals surface area (Å²) >= 11 is 1.75. The minimum Gasteiger partial charge on any atom is -0.370 e. The molecule has 3 nitrogen and oxygen atoms in total. The van der Waals surface area contributed by atoms with E-state index in [9.17, 15) is 0 Å². The van der Waals surface area contributed by atoms with Gasteiger partial charge in [0.25, 0.3) is 0 Å². The van der Waals surface area contributed by atoms with E-state index in [1.165, 1.54) is 4.88 Å². The van der Waals surface area contributed by atoms with E-state index < -0.39 is 0 Å². The van der Waals surface area contributed by atoms with Crippen LogP contribution in [0.3, 0.4) is 0 Å². The quantitative estimate of drug-likeness (QED) is 0.437. The van der Waals surface area contributed by atoms with Crippen LogP contribution in [0.4, 0.5) is 0 Å². The SMILES string of the molecule is C=CCNC(N)=NCCc1cccs1. The summed E-state index contributed by atoms with van der Waals surface area (Å²) in [7, 11) is 0. The summed E-state index contributed by atoms with van der Waals surface area (Å²) in [5.74, 6) is 0.487. The van der Waals surface area contributed by atoms with Crippen LogP contribution in [0.25, 0.3) is 0 Å². The van der Waals surface area contributed by atoms with Gasteiger partial charge in [-0.15, -0.1) is 17.9 Å². The highest BCUT2D eigenvalue weighted by Gasteiger charge is 1.92. The molecule has 14 heavy (non-hydrogen) atoms. The summed E-state index contributed by atoms with van der Waals surface area (Å²) in [6.07, 6.45) is 2.70. The Morgan fingerprint density at radius 1 is 1.71 bits per heavy atom. The third-order valence-electron chi connectivity index (χ3n) is 1.65. The Hall–Kier alpha value is -1.29. The van der Waals surface area contributed by atoms with Crippen molar-refractivity contribution >= 4 is 17.3 Å². The summed E-state index contributed by atoms with van der Waals surface area (Å²) < 4.78 is 0. The molecule has 0 bridgehead atoms. The van der Waals surface area contributed by atoms with Crippen molar-refractivity contribution in [1.82, 2.24) is 5.32 Å². The molecular weight excluding hydrogens is 194 g/mol. The second-order valence-electron chi connectivity index (χ2n) is 2.77. The molecule has 0 aliphatic rings. The first-order valence-corrected chi connectivity index (χ1v) is 5.38. The molecule has 1 heterocycles. The standard InChI is InChI=1S/C10H15N3S/c1-2-6-12-10(11)13-7-5-9-4-3-8-14-9/h2-4,8H,1,5-7H2,(H3,11,12,13). The fourth-order valence-corrected chi connectivity index (χ4v) is 1.67. The van der Waals surface area contributed by atoms with E-state index in [1.54, 1.807) is 17.4 Å². The minimum atomic E-state index is 0.487. The lowest BCUT2D eigenvalue weighted by Gasteiger charge is -2.00.